The topological polar surface area (TPSA) is 55.8 Å². The Hall–Kier alpha value is -0.650. The number of carbonyl (C=O) groups excluding carboxylic acids is 1. The largest absolute Gasteiger partial charge is 0.392 e. The summed E-state index contributed by atoms with van der Waals surface area (Å²) in [7, 11) is 0. The molecule has 0 aromatic carbocycles. The molecule has 5 heteroatoms. The minimum atomic E-state index is -0.268. The number of carbonyl (C=O) groups is 1. The highest BCUT2D eigenvalue weighted by atomic mass is 16.3. The molecule has 1 saturated carbocycles. The van der Waals surface area contributed by atoms with Crippen molar-refractivity contribution in [1.82, 2.24) is 15.1 Å². The summed E-state index contributed by atoms with van der Waals surface area (Å²) in [5.74, 6) is 0.214. The zero-order chi connectivity index (χ0) is 15.9. The van der Waals surface area contributed by atoms with Crippen molar-refractivity contribution < 1.29 is 9.90 Å². The normalized spacial score (nSPS) is 26.8. The SMILES string of the molecule is C[C@H](O)CN1CCN(CCC(=O)NC2CCCCC2)C[C@@H]1C. The van der Waals surface area contributed by atoms with Crippen LogP contribution < -0.4 is 5.32 Å². The lowest BCUT2D eigenvalue weighted by molar-refractivity contribution is -0.122. The molecule has 1 aliphatic carbocycles. The summed E-state index contributed by atoms with van der Waals surface area (Å²) < 4.78 is 0. The van der Waals surface area contributed by atoms with E-state index in [1.165, 1.54) is 19.3 Å². The van der Waals surface area contributed by atoms with Crippen LogP contribution in [0.25, 0.3) is 0 Å². The van der Waals surface area contributed by atoms with Gasteiger partial charge in [0.25, 0.3) is 0 Å². The lowest BCUT2D eigenvalue weighted by atomic mass is 9.95. The molecule has 1 aliphatic heterocycles. The third-order valence-electron chi connectivity index (χ3n) is 4.97. The second-order valence-electron chi connectivity index (χ2n) is 7.15. The van der Waals surface area contributed by atoms with Crippen molar-refractivity contribution in [3.8, 4) is 0 Å². The third-order valence-corrected chi connectivity index (χ3v) is 4.97. The fraction of sp³-hybridized carbons (Fsp3) is 0.941. The average Bonchev–Trinajstić information content (AvgIpc) is 2.48. The maximum Gasteiger partial charge on any atom is 0.221 e. The number of nitrogens with one attached hydrogen (secondary N) is 1. The Balaban J connectivity index is 1.64. The van der Waals surface area contributed by atoms with E-state index in [4.69, 9.17) is 0 Å². The third kappa shape index (κ3) is 5.86. The van der Waals surface area contributed by atoms with E-state index >= 15 is 0 Å². The van der Waals surface area contributed by atoms with Gasteiger partial charge in [-0.05, 0) is 26.7 Å². The van der Waals surface area contributed by atoms with E-state index < -0.39 is 0 Å². The van der Waals surface area contributed by atoms with Crippen LogP contribution in [-0.2, 0) is 4.79 Å². The molecule has 2 aliphatic rings. The van der Waals surface area contributed by atoms with Gasteiger partial charge in [-0.25, -0.2) is 0 Å². The maximum absolute atomic E-state index is 12.1. The molecular formula is C17H33N3O2. The van der Waals surface area contributed by atoms with E-state index in [1.54, 1.807) is 0 Å². The second kappa shape index (κ2) is 8.85. The molecule has 0 aromatic heterocycles. The van der Waals surface area contributed by atoms with Crippen LogP contribution in [0.15, 0.2) is 0 Å². The van der Waals surface area contributed by atoms with Crippen LogP contribution in [0.2, 0.25) is 0 Å². The van der Waals surface area contributed by atoms with Crippen LogP contribution in [-0.4, -0.2) is 71.7 Å². The molecule has 22 heavy (non-hydrogen) atoms. The lowest BCUT2D eigenvalue weighted by Crippen LogP contribution is -2.53. The Kier molecular flexibility index (Phi) is 7.12. The first-order valence-electron chi connectivity index (χ1n) is 8.98. The quantitative estimate of drug-likeness (QED) is 0.774. The summed E-state index contributed by atoms with van der Waals surface area (Å²) in [6.07, 6.45) is 6.49. The molecule has 128 valence electrons. The molecule has 1 amide bonds. The van der Waals surface area contributed by atoms with Crippen LogP contribution in [0.5, 0.6) is 0 Å². The summed E-state index contributed by atoms with van der Waals surface area (Å²) in [6, 6.07) is 0.868. The average molecular weight is 311 g/mol. The number of hydrogen-bond acceptors (Lipinski definition) is 4. The molecule has 1 heterocycles. The van der Waals surface area contributed by atoms with Gasteiger partial charge in [0.1, 0.15) is 0 Å². The van der Waals surface area contributed by atoms with Crippen LogP contribution in [0.3, 0.4) is 0 Å². The number of amides is 1. The van der Waals surface area contributed by atoms with E-state index in [9.17, 15) is 9.90 Å². The summed E-state index contributed by atoms with van der Waals surface area (Å²) in [4.78, 5) is 16.8. The summed E-state index contributed by atoms with van der Waals surface area (Å²) in [6.45, 7) is 8.61. The smallest absolute Gasteiger partial charge is 0.221 e. The first kappa shape index (κ1) is 17.7. The van der Waals surface area contributed by atoms with E-state index in [-0.39, 0.29) is 12.0 Å². The van der Waals surface area contributed by atoms with Crippen molar-refractivity contribution in [2.75, 3.05) is 32.7 Å². The highest BCUT2D eigenvalue weighted by molar-refractivity contribution is 5.76. The number of β-amino-alcohol motifs (C(OH)–C–C–N with tert-alkyl or cyclic N) is 1. The standard InChI is InChI=1S/C17H33N3O2/c1-14-12-19(10-11-20(14)13-15(2)21)9-8-17(22)18-16-6-4-3-5-7-16/h14-16,21H,3-13H2,1-2H3,(H,18,22)/t14-,15-/m0/s1. The number of aliphatic hydroxyl groups excluding tert-OH is 1. The number of rotatable bonds is 6. The fourth-order valence-electron chi connectivity index (χ4n) is 3.69. The predicted octanol–water partition coefficient (Wildman–Crippen LogP) is 1.21. The number of piperazine rings is 1. The van der Waals surface area contributed by atoms with Gasteiger partial charge in [0.05, 0.1) is 6.10 Å². The van der Waals surface area contributed by atoms with Crippen molar-refractivity contribution in [3.05, 3.63) is 0 Å². The van der Waals surface area contributed by atoms with Crippen molar-refractivity contribution >= 4 is 5.91 Å². The van der Waals surface area contributed by atoms with Gasteiger partial charge >= 0.3 is 0 Å². The first-order chi connectivity index (χ1) is 10.5. The van der Waals surface area contributed by atoms with Gasteiger partial charge in [0, 0.05) is 51.2 Å². The van der Waals surface area contributed by atoms with Gasteiger partial charge in [-0.1, -0.05) is 19.3 Å². The molecule has 2 N–H and O–H groups in total. The summed E-state index contributed by atoms with van der Waals surface area (Å²) >= 11 is 0. The van der Waals surface area contributed by atoms with Gasteiger partial charge in [0.15, 0.2) is 0 Å². The molecule has 0 spiro atoms. The Morgan fingerprint density at radius 3 is 2.64 bits per heavy atom. The molecule has 5 nitrogen and oxygen atoms in total. The molecule has 1 saturated heterocycles. The van der Waals surface area contributed by atoms with E-state index in [0.717, 1.165) is 45.6 Å². The molecule has 0 unspecified atom stereocenters. The minimum absolute atomic E-state index is 0.214. The Morgan fingerprint density at radius 2 is 2.00 bits per heavy atom. The van der Waals surface area contributed by atoms with Gasteiger partial charge in [-0.2, -0.15) is 0 Å². The maximum atomic E-state index is 12.1. The van der Waals surface area contributed by atoms with Gasteiger partial charge in [-0.15, -0.1) is 0 Å². The molecule has 0 bridgehead atoms. The lowest BCUT2D eigenvalue weighted by Gasteiger charge is -2.40. The monoisotopic (exact) mass is 311 g/mol. The van der Waals surface area contributed by atoms with E-state index in [0.29, 0.717) is 18.5 Å². The van der Waals surface area contributed by atoms with Crippen LogP contribution in [0.4, 0.5) is 0 Å². The van der Waals surface area contributed by atoms with Crippen molar-refractivity contribution in [3.63, 3.8) is 0 Å². The highest BCUT2D eigenvalue weighted by Gasteiger charge is 2.24. The molecule has 0 aromatic rings. The minimum Gasteiger partial charge on any atom is -0.392 e. The second-order valence-corrected chi connectivity index (χ2v) is 7.15. The number of hydrogen-bond donors (Lipinski definition) is 2. The van der Waals surface area contributed by atoms with Gasteiger partial charge in [0.2, 0.25) is 5.91 Å². The zero-order valence-electron chi connectivity index (χ0n) is 14.3. The van der Waals surface area contributed by atoms with Crippen LogP contribution in [0, 0.1) is 0 Å². The van der Waals surface area contributed by atoms with Gasteiger partial charge < -0.3 is 15.3 Å². The molecular weight excluding hydrogens is 278 g/mol. The first-order valence-corrected chi connectivity index (χ1v) is 8.98. The predicted molar refractivity (Wildman–Crippen MR) is 88.8 cm³/mol. The Morgan fingerprint density at radius 1 is 1.27 bits per heavy atom. The molecule has 2 rings (SSSR count). The molecule has 2 atom stereocenters. The van der Waals surface area contributed by atoms with Crippen molar-refractivity contribution in [2.24, 2.45) is 0 Å². The van der Waals surface area contributed by atoms with E-state index in [2.05, 4.69) is 22.0 Å². The van der Waals surface area contributed by atoms with Crippen molar-refractivity contribution in [1.29, 1.82) is 0 Å². The van der Waals surface area contributed by atoms with E-state index in [1.807, 2.05) is 6.92 Å². The highest BCUT2D eigenvalue weighted by Crippen LogP contribution is 2.17. The van der Waals surface area contributed by atoms with Gasteiger partial charge in [-0.3, -0.25) is 9.69 Å². The zero-order valence-corrected chi connectivity index (χ0v) is 14.3. The number of nitrogens with zero attached hydrogens (tertiary/aromatic N) is 2. The molecule has 0 radical (unpaired) electrons. The van der Waals surface area contributed by atoms with Crippen molar-refractivity contribution in [2.45, 2.75) is 70.6 Å². The van der Waals surface area contributed by atoms with Crippen LogP contribution in [0.1, 0.15) is 52.4 Å². The Labute approximate surface area is 135 Å². The fourth-order valence-corrected chi connectivity index (χ4v) is 3.69. The summed E-state index contributed by atoms with van der Waals surface area (Å²) in [5.41, 5.74) is 0. The molecule has 2 fully saturated rings. The Bertz CT molecular complexity index is 343. The number of aliphatic hydroxyl groups is 1. The van der Waals surface area contributed by atoms with Crippen LogP contribution >= 0.6 is 0 Å². The summed E-state index contributed by atoms with van der Waals surface area (Å²) in [5, 5.41) is 12.7.